The number of fused-ring (bicyclic) bond motifs is 2. The normalized spacial score (nSPS) is 32.7. The van der Waals surface area contributed by atoms with Crippen molar-refractivity contribution in [1.82, 2.24) is 9.88 Å². The number of aromatic nitrogens is 1. The maximum Gasteiger partial charge on any atom is 0.226 e. The number of rotatable bonds is 3. The lowest BCUT2D eigenvalue weighted by Crippen LogP contribution is -2.37. The number of aryl methyl sites for hydroxylation is 1. The number of nitrogens with zero attached hydrogens (tertiary/aromatic N) is 2. The summed E-state index contributed by atoms with van der Waals surface area (Å²) in [4.78, 5) is 19.1. The highest BCUT2D eigenvalue weighted by Gasteiger charge is 2.42. The minimum atomic E-state index is 0.0763. The second kappa shape index (κ2) is 5.41. The molecule has 2 fully saturated rings. The largest absolute Gasteiger partial charge is 0.472 e. The number of likely N-dealkylation sites (tertiary alicyclic amines) is 1. The van der Waals surface area contributed by atoms with E-state index in [1.165, 1.54) is 6.42 Å². The van der Waals surface area contributed by atoms with Gasteiger partial charge in [-0.3, -0.25) is 4.79 Å². The fraction of sp³-hybridized carbons (Fsp3) is 0.556. The Morgan fingerprint density at radius 1 is 1.32 bits per heavy atom. The molecule has 0 N–H and O–H groups in total. The van der Waals surface area contributed by atoms with Gasteiger partial charge >= 0.3 is 0 Å². The molecule has 4 heteroatoms. The predicted molar refractivity (Wildman–Crippen MR) is 83.4 cm³/mol. The van der Waals surface area contributed by atoms with Gasteiger partial charge in [0, 0.05) is 30.6 Å². The average molecular weight is 298 g/mol. The van der Waals surface area contributed by atoms with Gasteiger partial charge in [0.05, 0.1) is 6.54 Å². The lowest BCUT2D eigenvalue weighted by Gasteiger charge is -2.24. The van der Waals surface area contributed by atoms with Crippen LogP contribution in [0.3, 0.4) is 0 Å². The molecule has 4 unspecified atom stereocenters. The fourth-order valence-electron chi connectivity index (χ4n) is 4.08. The molecule has 1 aliphatic heterocycles. The van der Waals surface area contributed by atoms with Crippen LogP contribution in [0.5, 0.6) is 5.88 Å². The lowest BCUT2D eigenvalue weighted by molar-refractivity contribution is -0.135. The molecule has 2 bridgehead atoms. The topological polar surface area (TPSA) is 42.4 Å². The molecule has 4 nitrogen and oxygen atoms in total. The Hall–Kier alpha value is -1.84. The van der Waals surface area contributed by atoms with Crippen molar-refractivity contribution in [2.45, 2.75) is 32.3 Å². The van der Waals surface area contributed by atoms with Gasteiger partial charge in [-0.1, -0.05) is 18.2 Å². The Kier molecular flexibility index (Phi) is 3.40. The van der Waals surface area contributed by atoms with Crippen LogP contribution in [0.4, 0.5) is 0 Å². The van der Waals surface area contributed by atoms with Gasteiger partial charge in [-0.25, -0.2) is 4.98 Å². The van der Waals surface area contributed by atoms with Crippen molar-refractivity contribution in [2.24, 2.45) is 17.8 Å². The van der Waals surface area contributed by atoms with Crippen LogP contribution < -0.4 is 4.74 Å². The zero-order chi connectivity index (χ0) is 15.1. The van der Waals surface area contributed by atoms with Crippen molar-refractivity contribution in [2.75, 3.05) is 13.1 Å². The number of hydrogen-bond acceptors (Lipinski definition) is 3. The summed E-state index contributed by atoms with van der Waals surface area (Å²) in [5.74, 6) is 2.34. The van der Waals surface area contributed by atoms with Gasteiger partial charge in [0.25, 0.3) is 0 Å². The molecule has 1 saturated carbocycles. The minimum absolute atomic E-state index is 0.0763. The lowest BCUT2D eigenvalue weighted by atomic mass is 9.92. The molecule has 4 atom stereocenters. The van der Waals surface area contributed by atoms with E-state index < -0.39 is 0 Å². The summed E-state index contributed by atoms with van der Waals surface area (Å²) in [7, 11) is 0. The number of pyridine rings is 1. The molecule has 4 rings (SSSR count). The standard InChI is InChI=1S/C18H22N2O2/c1-12-3-2-4-17(19-12)22-15-7-8-20(11-15)18(21)16-10-13-5-6-14(16)9-13/h2-6,13-16H,7-11H2,1H3. The molecule has 1 aromatic rings. The smallest absolute Gasteiger partial charge is 0.226 e. The minimum Gasteiger partial charge on any atom is -0.472 e. The first kappa shape index (κ1) is 13.8. The second-order valence-corrected chi connectivity index (χ2v) is 6.82. The Labute approximate surface area is 131 Å². The number of ether oxygens (including phenoxy) is 1. The predicted octanol–water partition coefficient (Wildman–Crippen LogP) is 2.58. The fourth-order valence-corrected chi connectivity index (χ4v) is 4.08. The highest BCUT2D eigenvalue weighted by atomic mass is 16.5. The summed E-state index contributed by atoms with van der Waals surface area (Å²) in [5, 5.41) is 0. The molecule has 0 aromatic carbocycles. The van der Waals surface area contributed by atoms with Crippen LogP contribution in [-0.2, 0) is 4.79 Å². The van der Waals surface area contributed by atoms with Crippen LogP contribution in [-0.4, -0.2) is 35.0 Å². The van der Waals surface area contributed by atoms with E-state index in [2.05, 4.69) is 17.1 Å². The highest BCUT2D eigenvalue weighted by Crippen LogP contribution is 2.44. The first-order valence-corrected chi connectivity index (χ1v) is 8.26. The van der Waals surface area contributed by atoms with E-state index in [1.807, 2.05) is 30.0 Å². The maximum atomic E-state index is 12.7. The summed E-state index contributed by atoms with van der Waals surface area (Å²) in [6.45, 7) is 3.47. The monoisotopic (exact) mass is 298 g/mol. The number of carbonyl (C=O) groups excluding carboxylic acids is 1. The van der Waals surface area contributed by atoms with E-state index in [9.17, 15) is 4.79 Å². The van der Waals surface area contributed by atoms with Crippen molar-refractivity contribution >= 4 is 5.91 Å². The molecule has 3 aliphatic rings. The molecule has 2 heterocycles. The van der Waals surface area contributed by atoms with Crippen LogP contribution in [0.2, 0.25) is 0 Å². The van der Waals surface area contributed by atoms with E-state index in [1.54, 1.807) is 0 Å². The van der Waals surface area contributed by atoms with Gasteiger partial charge < -0.3 is 9.64 Å². The van der Waals surface area contributed by atoms with Crippen LogP contribution in [0, 0.1) is 24.7 Å². The molecule has 1 amide bonds. The number of amides is 1. The number of allylic oxidation sites excluding steroid dienone is 2. The third kappa shape index (κ3) is 2.51. The first-order chi connectivity index (χ1) is 10.7. The number of carbonyl (C=O) groups is 1. The zero-order valence-electron chi connectivity index (χ0n) is 12.9. The van der Waals surface area contributed by atoms with Crippen molar-refractivity contribution in [1.29, 1.82) is 0 Å². The molecule has 22 heavy (non-hydrogen) atoms. The third-order valence-corrected chi connectivity index (χ3v) is 5.20. The molecule has 1 saturated heterocycles. The number of hydrogen-bond donors (Lipinski definition) is 0. The van der Waals surface area contributed by atoms with Gasteiger partial charge in [-0.15, -0.1) is 0 Å². The molecule has 2 aliphatic carbocycles. The van der Waals surface area contributed by atoms with Crippen LogP contribution in [0.25, 0.3) is 0 Å². The van der Waals surface area contributed by atoms with Crippen LogP contribution in [0.1, 0.15) is 25.0 Å². The molecule has 0 radical (unpaired) electrons. The van der Waals surface area contributed by atoms with Gasteiger partial charge in [0.2, 0.25) is 11.8 Å². The summed E-state index contributed by atoms with van der Waals surface area (Å²) in [5.41, 5.74) is 0.956. The highest BCUT2D eigenvalue weighted by molar-refractivity contribution is 5.80. The third-order valence-electron chi connectivity index (χ3n) is 5.20. The van der Waals surface area contributed by atoms with E-state index in [0.717, 1.165) is 25.1 Å². The average Bonchev–Trinajstić information content (AvgIpc) is 3.22. The van der Waals surface area contributed by atoms with Gasteiger partial charge in [0.1, 0.15) is 6.10 Å². The Bertz CT molecular complexity index is 613. The van der Waals surface area contributed by atoms with Crippen LogP contribution >= 0.6 is 0 Å². The van der Waals surface area contributed by atoms with E-state index in [0.29, 0.717) is 30.2 Å². The quantitative estimate of drug-likeness (QED) is 0.806. The van der Waals surface area contributed by atoms with Crippen molar-refractivity contribution in [3.63, 3.8) is 0 Å². The van der Waals surface area contributed by atoms with Crippen molar-refractivity contribution < 1.29 is 9.53 Å². The summed E-state index contributed by atoms with van der Waals surface area (Å²) in [6.07, 6.45) is 7.73. The van der Waals surface area contributed by atoms with Crippen molar-refractivity contribution in [3.8, 4) is 5.88 Å². The molecule has 1 aromatic heterocycles. The molecule has 0 spiro atoms. The van der Waals surface area contributed by atoms with E-state index in [-0.39, 0.29) is 12.0 Å². The van der Waals surface area contributed by atoms with Crippen molar-refractivity contribution in [3.05, 3.63) is 36.0 Å². The summed E-state index contributed by atoms with van der Waals surface area (Å²) >= 11 is 0. The van der Waals surface area contributed by atoms with E-state index >= 15 is 0 Å². The molecular weight excluding hydrogens is 276 g/mol. The van der Waals surface area contributed by atoms with Crippen LogP contribution in [0.15, 0.2) is 30.4 Å². The Balaban J connectivity index is 1.36. The van der Waals surface area contributed by atoms with E-state index in [4.69, 9.17) is 4.74 Å². The van der Waals surface area contributed by atoms with Gasteiger partial charge in [0.15, 0.2) is 0 Å². The van der Waals surface area contributed by atoms with Gasteiger partial charge in [-0.05, 0) is 37.7 Å². The first-order valence-electron chi connectivity index (χ1n) is 8.26. The molecule has 116 valence electrons. The SMILES string of the molecule is Cc1cccc(OC2CCN(C(=O)C3CC4C=CC3C4)C2)n1. The van der Waals surface area contributed by atoms with Gasteiger partial charge in [-0.2, -0.15) is 0 Å². The maximum absolute atomic E-state index is 12.7. The Morgan fingerprint density at radius 3 is 2.95 bits per heavy atom. The summed E-state index contributed by atoms with van der Waals surface area (Å²) in [6, 6.07) is 5.80. The molecular formula is C18H22N2O2. The zero-order valence-corrected chi connectivity index (χ0v) is 12.9. The summed E-state index contributed by atoms with van der Waals surface area (Å²) < 4.78 is 5.94. The second-order valence-electron chi connectivity index (χ2n) is 6.82. The Morgan fingerprint density at radius 2 is 2.23 bits per heavy atom.